The molecule has 0 aliphatic carbocycles. The zero-order valence-corrected chi connectivity index (χ0v) is 13.6. The van der Waals surface area contributed by atoms with Crippen LogP contribution in [-0.4, -0.2) is 10.2 Å². The van der Waals surface area contributed by atoms with Crippen molar-refractivity contribution in [3.05, 3.63) is 77.4 Å². The minimum atomic E-state index is -4.44. The van der Waals surface area contributed by atoms with Crippen molar-refractivity contribution >= 4 is 16.9 Å². The lowest BCUT2D eigenvalue weighted by atomic mass is 10.0. The van der Waals surface area contributed by atoms with Gasteiger partial charge in [0.05, 0.1) is 5.56 Å². The van der Waals surface area contributed by atoms with Crippen LogP contribution in [0.25, 0.3) is 0 Å². The van der Waals surface area contributed by atoms with E-state index < -0.39 is 17.8 Å². The topological polar surface area (TPSA) is 37.3 Å². The van der Waals surface area contributed by atoms with Gasteiger partial charge in [-0.15, -0.1) is 0 Å². The molecule has 0 spiro atoms. The maximum Gasteiger partial charge on any atom is 0.416 e. The van der Waals surface area contributed by atoms with Gasteiger partial charge in [-0.25, -0.2) is 0 Å². The predicted octanol–water partition coefficient (Wildman–Crippen LogP) is 5.00. The lowest BCUT2D eigenvalue weighted by Gasteiger charge is -2.15. The first-order chi connectivity index (χ1) is 11.3. The minimum Gasteiger partial charge on any atom is -0.384 e. The van der Waals surface area contributed by atoms with Gasteiger partial charge in [-0.05, 0) is 48.5 Å². The van der Waals surface area contributed by atoms with Crippen LogP contribution in [0.5, 0.6) is 0 Å². The van der Waals surface area contributed by atoms with Crippen LogP contribution in [-0.2, 0) is 11.0 Å². The summed E-state index contributed by atoms with van der Waals surface area (Å²) in [5.41, 5.74) is -0.438. The normalized spacial score (nSPS) is 13.6. The van der Waals surface area contributed by atoms with Gasteiger partial charge in [-0.1, -0.05) is 36.4 Å². The van der Waals surface area contributed by atoms with Gasteiger partial charge in [0.2, 0.25) is 5.12 Å². The Morgan fingerprint density at radius 2 is 1.67 bits per heavy atom. The molecule has 0 bridgehead atoms. The number of thioether (sulfide) groups is 1. The van der Waals surface area contributed by atoms with E-state index in [-0.39, 0.29) is 16.3 Å². The van der Waals surface area contributed by atoms with Crippen LogP contribution in [0.15, 0.2) is 71.1 Å². The van der Waals surface area contributed by atoms with Crippen molar-refractivity contribution in [3.63, 3.8) is 0 Å². The summed E-state index contributed by atoms with van der Waals surface area (Å²) in [6, 6.07) is 13.1. The zero-order chi connectivity index (χ0) is 17.7. The Morgan fingerprint density at radius 3 is 2.17 bits per heavy atom. The molecule has 0 aliphatic rings. The van der Waals surface area contributed by atoms with Crippen molar-refractivity contribution in [1.82, 2.24) is 0 Å². The third-order valence-electron chi connectivity index (χ3n) is 3.35. The van der Waals surface area contributed by atoms with E-state index in [2.05, 4.69) is 0 Å². The fraction of sp³-hybridized carbons (Fsp3) is 0.167. The van der Waals surface area contributed by atoms with Crippen molar-refractivity contribution in [2.45, 2.75) is 24.1 Å². The van der Waals surface area contributed by atoms with Gasteiger partial charge < -0.3 is 5.11 Å². The molecule has 2 nitrogen and oxygen atoms in total. The first-order valence-corrected chi connectivity index (χ1v) is 7.93. The molecule has 0 amide bonds. The number of carbonyl (C=O) groups excluding carboxylic acids is 1. The van der Waals surface area contributed by atoms with Crippen LogP contribution >= 0.6 is 11.8 Å². The Hall–Kier alpha value is -2.05. The molecule has 0 aromatic heterocycles. The molecular weight excluding hydrogens is 337 g/mol. The highest BCUT2D eigenvalue weighted by molar-refractivity contribution is 8.14. The summed E-state index contributed by atoms with van der Waals surface area (Å²) in [4.78, 5) is 13.1. The van der Waals surface area contributed by atoms with Crippen molar-refractivity contribution in [2.75, 3.05) is 0 Å². The standard InChI is InChI=1S/C18H15F3O2S/c1-2-15(17(23)24-14-6-4-3-5-7-14)16(22)12-8-10-13(11-9-12)18(19,20)21/h2-11,16,22H,1H3/b15-2-. The first kappa shape index (κ1) is 18.3. The van der Waals surface area contributed by atoms with E-state index in [0.717, 1.165) is 28.8 Å². The number of benzene rings is 2. The maximum absolute atomic E-state index is 12.6. The summed E-state index contributed by atoms with van der Waals surface area (Å²) in [7, 11) is 0. The number of aliphatic hydroxyl groups excluding tert-OH is 1. The van der Waals surface area contributed by atoms with Gasteiger partial charge in [0, 0.05) is 10.5 Å². The Morgan fingerprint density at radius 1 is 1.08 bits per heavy atom. The molecule has 1 N–H and O–H groups in total. The molecule has 2 rings (SSSR count). The molecule has 126 valence electrons. The van der Waals surface area contributed by atoms with Crippen molar-refractivity contribution in [3.8, 4) is 0 Å². The molecule has 0 aliphatic heterocycles. The second-order valence-corrected chi connectivity index (χ2v) is 6.02. The number of alkyl halides is 3. The van der Waals surface area contributed by atoms with Gasteiger partial charge in [0.1, 0.15) is 6.10 Å². The fourth-order valence-corrected chi connectivity index (χ4v) is 2.93. The summed E-state index contributed by atoms with van der Waals surface area (Å²) in [6.45, 7) is 1.60. The number of carbonyl (C=O) groups is 1. The van der Waals surface area contributed by atoms with Crippen molar-refractivity contribution < 1.29 is 23.1 Å². The van der Waals surface area contributed by atoms with Gasteiger partial charge in [0.15, 0.2) is 0 Å². The van der Waals surface area contributed by atoms with E-state index >= 15 is 0 Å². The Kier molecular flexibility index (Phi) is 5.85. The molecule has 6 heteroatoms. The number of aliphatic hydroxyl groups is 1. The van der Waals surface area contributed by atoms with E-state index in [1.807, 2.05) is 6.07 Å². The Bertz CT molecular complexity index is 722. The molecule has 0 fully saturated rings. The van der Waals surface area contributed by atoms with Gasteiger partial charge in [0.25, 0.3) is 0 Å². The van der Waals surface area contributed by atoms with Crippen LogP contribution in [0.3, 0.4) is 0 Å². The molecule has 0 radical (unpaired) electrons. The average molecular weight is 352 g/mol. The zero-order valence-electron chi connectivity index (χ0n) is 12.7. The van der Waals surface area contributed by atoms with E-state index in [1.54, 1.807) is 31.2 Å². The second-order valence-electron chi connectivity index (χ2n) is 4.97. The van der Waals surface area contributed by atoms with Crippen molar-refractivity contribution in [1.29, 1.82) is 0 Å². The number of hydrogen-bond donors (Lipinski definition) is 1. The lowest BCUT2D eigenvalue weighted by molar-refractivity contribution is -0.137. The van der Waals surface area contributed by atoms with Gasteiger partial charge >= 0.3 is 6.18 Å². The third-order valence-corrected chi connectivity index (χ3v) is 4.28. The monoisotopic (exact) mass is 352 g/mol. The highest BCUT2D eigenvalue weighted by atomic mass is 32.2. The van der Waals surface area contributed by atoms with Crippen LogP contribution < -0.4 is 0 Å². The molecule has 0 saturated carbocycles. The largest absolute Gasteiger partial charge is 0.416 e. The molecule has 0 saturated heterocycles. The second kappa shape index (κ2) is 7.68. The smallest absolute Gasteiger partial charge is 0.384 e. The lowest BCUT2D eigenvalue weighted by Crippen LogP contribution is -2.10. The van der Waals surface area contributed by atoms with Crippen LogP contribution in [0.1, 0.15) is 24.2 Å². The SMILES string of the molecule is C/C=C(\C(=O)Sc1ccccc1)C(O)c1ccc(C(F)(F)F)cc1. The third kappa shape index (κ3) is 4.49. The minimum absolute atomic E-state index is 0.128. The van der Waals surface area contributed by atoms with Gasteiger partial charge in [-0.3, -0.25) is 4.79 Å². The number of halogens is 3. The highest BCUT2D eigenvalue weighted by Gasteiger charge is 2.30. The Labute approximate surface area is 142 Å². The highest BCUT2D eigenvalue weighted by Crippen LogP contribution is 2.33. The summed E-state index contributed by atoms with van der Waals surface area (Å²) in [5.74, 6) is 0. The molecule has 2 aromatic carbocycles. The summed E-state index contributed by atoms with van der Waals surface area (Å²) in [6.07, 6.45) is -4.24. The fourth-order valence-electron chi connectivity index (χ4n) is 2.08. The molecule has 0 heterocycles. The number of rotatable bonds is 4. The van der Waals surface area contributed by atoms with Crippen LogP contribution in [0, 0.1) is 0 Å². The average Bonchev–Trinajstić information content (AvgIpc) is 2.55. The van der Waals surface area contributed by atoms with Crippen LogP contribution in [0.2, 0.25) is 0 Å². The first-order valence-electron chi connectivity index (χ1n) is 7.11. The quantitative estimate of drug-likeness (QED) is 0.621. The molecule has 24 heavy (non-hydrogen) atoms. The molecular formula is C18H15F3O2S. The van der Waals surface area contributed by atoms with E-state index in [1.165, 1.54) is 18.2 Å². The van der Waals surface area contributed by atoms with Gasteiger partial charge in [-0.2, -0.15) is 13.2 Å². The van der Waals surface area contributed by atoms with E-state index in [4.69, 9.17) is 0 Å². The van der Waals surface area contributed by atoms with Crippen molar-refractivity contribution in [2.24, 2.45) is 0 Å². The van der Waals surface area contributed by atoms with E-state index in [0.29, 0.717) is 0 Å². The number of allylic oxidation sites excluding steroid dienone is 1. The maximum atomic E-state index is 12.6. The number of hydrogen-bond acceptors (Lipinski definition) is 3. The molecule has 2 aromatic rings. The van der Waals surface area contributed by atoms with E-state index in [9.17, 15) is 23.1 Å². The Balaban J connectivity index is 2.17. The molecule has 1 atom stereocenters. The predicted molar refractivity (Wildman–Crippen MR) is 87.5 cm³/mol. The van der Waals surface area contributed by atoms with Crippen LogP contribution in [0.4, 0.5) is 13.2 Å². The summed E-state index contributed by atoms with van der Waals surface area (Å²) >= 11 is 0.959. The summed E-state index contributed by atoms with van der Waals surface area (Å²) in [5, 5.41) is 9.99. The molecule has 1 unspecified atom stereocenters. The summed E-state index contributed by atoms with van der Waals surface area (Å²) < 4.78 is 37.8.